The van der Waals surface area contributed by atoms with Crippen molar-refractivity contribution in [2.75, 3.05) is 19.8 Å². The number of rotatable bonds is 8. The first-order valence-electron chi connectivity index (χ1n) is 13.4. The van der Waals surface area contributed by atoms with E-state index in [1.807, 2.05) is 0 Å². The predicted molar refractivity (Wildman–Crippen MR) is 124 cm³/mol. The summed E-state index contributed by atoms with van der Waals surface area (Å²) in [6.45, 7) is 9.77. The van der Waals surface area contributed by atoms with E-state index in [9.17, 15) is 5.11 Å². The van der Waals surface area contributed by atoms with Crippen LogP contribution in [-0.4, -0.2) is 31.0 Å². The van der Waals surface area contributed by atoms with Crippen molar-refractivity contribution in [3.05, 3.63) is 0 Å². The van der Waals surface area contributed by atoms with Crippen LogP contribution in [-0.2, 0) is 4.74 Å². The SMILES string of the molecule is CC(CCCO)C1CCC2C3CCC4CC(OCCCN)CCC4(C)C3CCC12C. The van der Waals surface area contributed by atoms with Crippen LogP contribution in [0.4, 0.5) is 0 Å². The molecule has 4 aliphatic carbocycles. The Morgan fingerprint density at radius 1 is 0.967 bits per heavy atom. The van der Waals surface area contributed by atoms with E-state index in [4.69, 9.17) is 10.5 Å². The van der Waals surface area contributed by atoms with Gasteiger partial charge in [0.2, 0.25) is 0 Å². The second-order valence-electron chi connectivity index (χ2n) is 12.1. The first-order valence-corrected chi connectivity index (χ1v) is 13.4. The number of ether oxygens (including phenoxy) is 1. The summed E-state index contributed by atoms with van der Waals surface area (Å²) in [4.78, 5) is 0. The van der Waals surface area contributed by atoms with Gasteiger partial charge in [0.05, 0.1) is 6.10 Å². The van der Waals surface area contributed by atoms with Gasteiger partial charge in [-0.1, -0.05) is 20.8 Å². The van der Waals surface area contributed by atoms with Crippen LogP contribution in [0.1, 0.15) is 97.8 Å². The van der Waals surface area contributed by atoms with Crippen molar-refractivity contribution in [1.82, 2.24) is 0 Å². The van der Waals surface area contributed by atoms with E-state index in [0.717, 1.165) is 61.5 Å². The number of aliphatic hydroxyl groups is 1. The minimum absolute atomic E-state index is 0.360. The number of nitrogens with two attached hydrogens (primary N) is 1. The summed E-state index contributed by atoms with van der Waals surface area (Å²) in [6.07, 6.45) is 16.4. The van der Waals surface area contributed by atoms with Crippen LogP contribution in [0.15, 0.2) is 0 Å². The average Bonchev–Trinajstić information content (AvgIpc) is 3.09. The maximum Gasteiger partial charge on any atom is 0.0578 e. The third-order valence-electron chi connectivity index (χ3n) is 10.9. The number of aliphatic hydroxyl groups excluding tert-OH is 1. The highest BCUT2D eigenvalue weighted by Crippen LogP contribution is 2.68. The lowest BCUT2D eigenvalue weighted by molar-refractivity contribution is -0.136. The minimum atomic E-state index is 0.360. The Bertz CT molecular complexity index is 567. The van der Waals surface area contributed by atoms with E-state index >= 15 is 0 Å². The molecule has 0 aromatic rings. The predicted octanol–water partition coefficient (Wildman–Crippen LogP) is 5.79. The second kappa shape index (κ2) is 9.40. The Kier molecular flexibility index (Phi) is 7.22. The smallest absolute Gasteiger partial charge is 0.0578 e. The van der Waals surface area contributed by atoms with Gasteiger partial charge in [-0.2, -0.15) is 0 Å². The molecule has 4 saturated carbocycles. The molecule has 3 N–H and O–H groups in total. The molecular formula is C27H49NO2. The summed E-state index contributed by atoms with van der Waals surface area (Å²) in [6, 6.07) is 0. The third kappa shape index (κ3) is 4.01. The fraction of sp³-hybridized carbons (Fsp3) is 1.00. The Morgan fingerprint density at radius 3 is 2.50 bits per heavy atom. The van der Waals surface area contributed by atoms with Gasteiger partial charge in [0.25, 0.3) is 0 Å². The molecule has 0 bridgehead atoms. The molecule has 0 aliphatic heterocycles. The summed E-state index contributed by atoms with van der Waals surface area (Å²) in [5.74, 6) is 5.40. The lowest BCUT2D eigenvalue weighted by Gasteiger charge is -2.61. The first kappa shape index (κ1) is 23.1. The van der Waals surface area contributed by atoms with Gasteiger partial charge in [0.1, 0.15) is 0 Å². The molecule has 0 aromatic heterocycles. The monoisotopic (exact) mass is 419 g/mol. The van der Waals surface area contributed by atoms with Crippen molar-refractivity contribution in [2.45, 2.75) is 104 Å². The van der Waals surface area contributed by atoms with Gasteiger partial charge in [0, 0.05) is 13.2 Å². The van der Waals surface area contributed by atoms with Crippen molar-refractivity contribution < 1.29 is 9.84 Å². The highest BCUT2D eigenvalue weighted by Gasteiger charge is 2.60. The van der Waals surface area contributed by atoms with E-state index in [1.165, 1.54) is 64.2 Å². The van der Waals surface area contributed by atoms with E-state index in [0.29, 0.717) is 23.5 Å². The van der Waals surface area contributed by atoms with Gasteiger partial charge < -0.3 is 15.6 Å². The minimum Gasteiger partial charge on any atom is -0.396 e. The number of fused-ring (bicyclic) bond motifs is 5. The Hall–Kier alpha value is -0.120. The van der Waals surface area contributed by atoms with Crippen molar-refractivity contribution in [1.29, 1.82) is 0 Å². The van der Waals surface area contributed by atoms with E-state index in [2.05, 4.69) is 20.8 Å². The van der Waals surface area contributed by atoms with E-state index in [1.54, 1.807) is 0 Å². The molecular weight excluding hydrogens is 370 g/mol. The zero-order chi connectivity index (χ0) is 21.4. The highest BCUT2D eigenvalue weighted by atomic mass is 16.5. The molecule has 0 radical (unpaired) electrons. The molecule has 0 saturated heterocycles. The molecule has 0 spiro atoms. The van der Waals surface area contributed by atoms with Gasteiger partial charge in [0.15, 0.2) is 0 Å². The van der Waals surface area contributed by atoms with E-state index in [-0.39, 0.29) is 0 Å². The highest BCUT2D eigenvalue weighted by molar-refractivity contribution is 5.09. The standard InChI is InChI=1S/C27H49NO2/c1-19(6-4-16-29)23-9-10-24-22-8-7-20-18-21(30-17-5-15-28)11-13-26(20,2)25(22)12-14-27(23,24)3/h19-25,29H,4-18,28H2,1-3H3. The van der Waals surface area contributed by atoms with Crippen LogP contribution in [0.5, 0.6) is 0 Å². The molecule has 30 heavy (non-hydrogen) atoms. The lowest BCUT2D eigenvalue weighted by Crippen LogP contribution is -2.54. The Morgan fingerprint density at radius 2 is 1.73 bits per heavy atom. The Labute approximate surface area is 185 Å². The Balaban J connectivity index is 1.43. The molecule has 3 nitrogen and oxygen atoms in total. The average molecular weight is 420 g/mol. The van der Waals surface area contributed by atoms with Gasteiger partial charge in [-0.05, 0) is 130 Å². The summed E-state index contributed by atoms with van der Waals surface area (Å²) < 4.78 is 6.21. The molecule has 0 amide bonds. The molecule has 9 atom stereocenters. The van der Waals surface area contributed by atoms with Gasteiger partial charge in [-0.25, -0.2) is 0 Å². The molecule has 4 aliphatic rings. The zero-order valence-corrected chi connectivity index (χ0v) is 20.1. The van der Waals surface area contributed by atoms with Crippen molar-refractivity contribution in [2.24, 2.45) is 52.1 Å². The summed E-state index contributed by atoms with van der Waals surface area (Å²) in [5, 5.41) is 9.31. The fourth-order valence-electron chi connectivity index (χ4n) is 9.29. The topological polar surface area (TPSA) is 55.5 Å². The summed E-state index contributed by atoms with van der Waals surface area (Å²) in [5.41, 5.74) is 6.77. The van der Waals surface area contributed by atoms with E-state index < -0.39 is 0 Å². The zero-order valence-electron chi connectivity index (χ0n) is 20.1. The first-order chi connectivity index (χ1) is 14.4. The number of hydrogen-bond donors (Lipinski definition) is 2. The summed E-state index contributed by atoms with van der Waals surface area (Å²) >= 11 is 0. The fourth-order valence-corrected chi connectivity index (χ4v) is 9.29. The normalized spacial score (nSPS) is 46.7. The van der Waals surface area contributed by atoms with Crippen molar-refractivity contribution >= 4 is 0 Å². The van der Waals surface area contributed by atoms with Gasteiger partial charge >= 0.3 is 0 Å². The molecule has 9 unspecified atom stereocenters. The molecule has 174 valence electrons. The number of hydrogen-bond acceptors (Lipinski definition) is 3. The van der Waals surface area contributed by atoms with Gasteiger partial charge in [-0.15, -0.1) is 0 Å². The van der Waals surface area contributed by atoms with Crippen molar-refractivity contribution in [3.63, 3.8) is 0 Å². The quantitative estimate of drug-likeness (QED) is 0.490. The lowest BCUT2D eigenvalue weighted by atomic mass is 9.44. The van der Waals surface area contributed by atoms with Crippen LogP contribution in [0.3, 0.4) is 0 Å². The maximum atomic E-state index is 9.31. The molecule has 4 fully saturated rings. The molecule has 0 heterocycles. The molecule has 3 heteroatoms. The van der Waals surface area contributed by atoms with Crippen molar-refractivity contribution in [3.8, 4) is 0 Å². The maximum absolute atomic E-state index is 9.31. The molecule has 0 aromatic carbocycles. The largest absolute Gasteiger partial charge is 0.396 e. The molecule has 4 rings (SSSR count). The third-order valence-corrected chi connectivity index (χ3v) is 10.9. The van der Waals surface area contributed by atoms with Crippen LogP contribution in [0.2, 0.25) is 0 Å². The van der Waals surface area contributed by atoms with Crippen LogP contribution >= 0.6 is 0 Å². The van der Waals surface area contributed by atoms with Crippen LogP contribution < -0.4 is 5.73 Å². The summed E-state index contributed by atoms with van der Waals surface area (Å²) in [7, 11) is 0. The van der Waals surface area contributed by atoms with Gasteiger partial charge in [-0.3, -0.25) is 0 Å². The second-order valence-corrected chi connectivity index (χ2v) is 12.1. The van der Waals surface area contributed by atoms with Crippen LogP contribution in [0.25, 0.3) is 0 Å². The van der Waals surface area contributed by atoms with Crippen LogP contribution in [0, 0.1) is 46.3 Å².